The van der Waals surface area contributed by atoms with Crippen molar-refractivity contribution in [3.63, 3.8) is 0 Å². The summed E-state index contributed by atoms with van der Waals surface area (Å²) in [5.74, 6) is 0. The predicted octanol–water partition coefficient (Wildman–Crippen LogP) is 1.91. The molecule has 0 saturated carbocycles. The van der Waals surface area contributed by atoms with Gasteiger partial charge in [0.15, 0.2) is 0 Å². The Morgan fingerprint density at radius 1 is 1.31 bits per heavy atom. The van der Waals surface area contributed by atoms with Crippen LogP contribution in [0.25, 0.3) is 0 Å². The van der Waals surface area contributed by atoms with Crippen LogP contribution in [0.5, 0.6) is 0 Å². The molecule has 2 heteroatoms. The summed E-state index contributed by atoms with van der Waals surface area (Å²) >= 11 is 1.29. The SMILES string of the molecule is CN1c2ccccc2C(C)(C)[CH]1[In]. The average Bonchev–Trinajstić information content (AvgIpc) is 2.30. The van der Waals surface area contributed by atoms with Crippen molar-refractivity contribution >= 4 is 30.1 Å². The maximum absolute atomic E-state index is 2.43. The molecule has 0 saturated heterocycles. The molecule has 1 atom stereocenters. The van der Waals surface area contributed by atoms with E-state index in [1.165, 1.54) is 35.6 Å². The maximum atomic E-state index is 2.43. The zero-order chi connectivity index (χ0) is 9.64. The van der Waals surface area contributed by atoms with Crippen LogP contribution in [0.4, 0.5) is 5.69 Å². The Balaban J connectivity index is 2.61. The molecule has 0 bridgehead atoms. The van der Waals surface area contributed by atoms with Gasteiger partial charge in [-0.1, -0.05) is 0 Å². The zero-order valence-corrected chi connectivity index (χ0v) is 11.7. The van der Waals surface area contributed by atoms with Gasteiger partial charge >= 0.3 is 94.9 Å². The number of para-hydroxylation sites is 1. The predicted molar refractivity (Wildman–Crippen MR) is 57.4 cm³/mol. The molecule has 1 aliphatic heterocycles. The van der Waals surface area contributed by atoms with Gasteiger partial charge in [0.1, 0.15) is 0 Å². The van der Waals surface area contributed by atoms with Crippen molar-refractivity contribution in [1.29, 1.82) is 0 Å². The van der Waals surface area contributed by atoms with E-state index >= 15 is 0 Å². The van der Waals surface area contributed by atoms with E-state index in [-0.39, 0.29) is 0 Å². The standard InChI is InChI=1S/C11H14N.In/c1-11(2)8-12(3)10-7-5-4-6-9(10)11;/h4-8H,1-3H3;. The van der Waals surface area contributed by atoms with E-state index < -0.39 is 0 Å². The second-order valence-corrected chi connectivity index (χ2v) is 6.10. The van der Waals surface area contributed by atoms with E-state index in [2.05, 4.69) is 50.1 Å². The Morgan fingerprint density at radius 2 is 1.92 bits per heavy atom. The molecule has 0 fully saturated rings. The van der Waals surface area contributed by atoms with Crippen LogP contribution in [0, 0.1) is 0 Å². The first-order valence-corrected chi connectivity index (χ1v) is 6.53. The fraction of sp³-hybridized carbons (Fsp3) is 0.455. The molecule has 13 heavy (non-hydrogen) atoms. The van der Waals surface area contributed by atoms with Crippen LogP contribution in [0.3, 0.4) is 0 Å². The van der Waals surface area contributed by atoms with Gasteiger partial charge in [-0.25, -0.2) is 0 Å². The summed E-state index contributed by atoms with van der Waals surface area (Å²) in [5, 5.41) is 0. The van der Waals surface area contributed by atoms with E-state index in [0.717, 1.165) is 3.80 Å². The Kier molecular flexibility index (Phi) is 2.14. The minimum absolute atomic E-state index is 0.341. The molecule has 0 spiro atoms. The van der Waals surface area contributed by atoms with Crippen LogP contribution in [0.1, 0.15) is 19.4 Å². The number of anilines is 1. The van der Waals surface area contributed by atoms with Crippen molar-refractivity contribution in [3.05, 3.63) is 29.8 Å². The summed E-state index contributed by atoms with van der Waals surface area (Å²) in [6, 6.07) is 8.77. The number of likely N-dealkylation sites (N-methyl/N-ethyl adjacent to an activating group) is 1. The molecule has 1 unspecified atom stereocenters. The van der Waals surface area contributed by atoms with Gasteiger partial charge in [-0.2, -0.15) is 0 Å². The molecule has 0 N–H and O–H groups in total. The van der Waals surface area contributed by atoms with Crippen LogP contribution in [0.15, 0.2) is 24.3 Å². The van der Waals surface area contributed by atoms with Gasteiger partial charge in [0.25, 0.3) is 0 Å². The Labute approximate surface area is 94.7 Å². The summed E-state index contributed by atoms with van der Waals surface area (Å²) in [6.45, 7) is 4.70. The van der Waals surface area contributed by atoms with Gasteiger partial charge < -0.3 is 0 Å². The van der Waals surface area contributed by atoms with Crippen LogP contribution in [-0.4, -0.2) is 35.2 Å². The van der Waals surface area contributed by atoms with Gasteiger partial charge in [-0.05, 0) is 0 Å². The van der Waals surface area contributed by atoms with E-state index in [1.807, 2.05) is 0 Å². The Morgan fingerprint density at radius 3 is 2.54 bits per heavy atom. The van der Waals surface area contributed by atoms with Crippen LogP contribution >= 0.6 is 0 Å². The summed E-state index contributed by atoms with van der Waals surface area (Å²) < 4.78 is 0.718. The van der Waals surface area contributed by atoms with Gasteiger partial charge in [-0.15, -0.1) is 0 Å². The second-order valence-electron chi connectivity index (χ2n) is 4.29. The Hall–Kier alpha value is -0.110. The molecular weight excluding hydrogens is 261 g/mol. The van der Waals surface area contributed by atoms with Crippen molar-refractivity contribution in [3.8, 4) is 0 Å². The molecule has 0 aromatic heterocycles. The van der Waals surface area contributed by atoms with Crippen molar-refractivity contribution < 1.29 is 0 Å². The summed E-state index contributed by atoms with van der Waals surface area (Å²) in [7, 11) is 2.21. The molecular formula is C11H14InN. The molecule has 66 valence electrons. The second kappa shape index (κ2) is 2.94. The van der Waals surface area contributed by atoms with Crippen molar-refractivity contribution in [2.75, 3.05) is 11.9 Å². The van der Waals surface area contributed by atoms with Gasteiger partial charge in [0.2, 0.25) is 0 Å². The zero-order valence-electron chi connectivity index (χ0n) is 8.41. The summed E-state index contributed by atoms with van der Waals surface area (Å²) in [4.78, 5) is 2.43. The number of benzene rings is 1. The minimum atomic E-state index is 0.341. The van der Waals surface area contributed by atoms with Gasteiger partial charge in [0.05, 0.1) is 0 Å². The Bertz CT molecular complexity index is 333. The third kappa shape index (κ3) is 1.22. The van der Waals surface area contributed by atoms with E-state index in [1.54, 1.807) is 0 Å². The number of nitrogens with zero attached hydrogens (tertiary/aromatic N) is 1. The molecule has 1 heterocycles. The number of hydrogen-bond acceptors (Lipinski definition) is 1. The number of hydrogen-bond donors (Lipinski definition) is 0. The molecule has 2 radical (unpaired) electrons. The third-order valence-corrected chi connectivity index (χ3v) is 6.79. The van der Waals surface area contributed by atoms with Crippen LogP contribution in [0.2, 0.25) is 0 Å². The summed E-state index contributed by atoms with van der Waals surface area (Å²) in [6.07, 6.45) is 0. The number of fused-ring (bicyclic) bond motifs is 1. The van der Waals surface area contributed by atoms with Gasteiger partial charge in [0, 0.05) is 0 Å². The third-order valence-electron chi connectivity index (χ3n) is 3.13. The number of rotatable bonds is 0. The van der Waals surface area contributed by atoms with E-state index in [4.69, 9.17) is 0 Å². The van der Waals surface area contributed by atoms with E-state index in [0.29, 0.717) is 5.41 Å². The van der Waals surface area contributed by atoms with Crippen molar-refractivity contribution in [2.24, 2.45) is 0 Å². The molecule has 1 aromatic carbocycles. The first kappa shape index (κ1) is 9.45. The fourth-order valence-corrected chi connectivity index (χ4v) is 3.09. The van der Waals surface area contributed by atoms with E-state index in [9.17, 15) is 0 Å². The molecule has 1 nitrogen and oxygen atoms in total. The molecule has 0 amide bonds. The molecule has 2 rings (SSSR count). The quantitative estimate of drug-likeness (QED) is 0.699. The average molecular weight is 275 g/mol. The monoisotopic (exact) mass is 275 g/mol. The molecule has 0 aliphatic carbocycles. The van der Waals surface area contributed by atoms with Gasteiger partial charge in [-0.3, -0.25) is 0 Å². The normalized spacial score (nSPS) is 24.5. The first-order chi connectivity index (χ1) is 6.05. The molecule has 1 aliphatic rings. The topological polar surface area (TPSA) is 3.24 Å². The first-order valence-electron chi connectivity index (χ1n) is 4.63. The molecule has 1 aromatic rings. The van der Waals surface area contributed by atoms with Crippen molar-refractivity contribution in [1.82, 2.24) is 0 Å². The fourth-order valence-electron chi connectivity index (χ4n) is 2.12. The summed E-state index contributed by atoms with van der Waals surface area (Å²) in [5.41, 5.74) is 3.27. The van der Waals surface area contributed by atoms with Crippen LogP contribution in [-0.2, 0) is 5.41 Å². The van der Waals surface area contributed by atoms with Crippen LogP contribution < -0.4 is 4.90 Å². The van der Waals surface area contributed by atoms with Crippen molar-refractivity contribution in [2.45, 2.75) is 23.1 Å².